The van der Waals surface area contributed by atoms with Crippen LogP contribution in [0.5, 0.6) is 5.75 Å². The van der Waals surface area contributed by atoms with Gasteiger partial charge in [-0.25, -0.2) is 0 Å². The zero-order valence-corrected chi connectivity index (χ0v) is 12.6. The normalized spacial score (nSPS) is 17.9. The third-order valence-electron chi connectivity index (χ3n) is 4.20. The second kappa shape index (κ2) is 7.88. The van der Waals surface area contributed by atoms with E-state index in [4.69, 9.17) is 15.7 Å². The number of nitrogens with two attached hydrogens (primary N) is 1. The monoisotopic (exact) mass is 291 g/mol. The Labute approximate surface area is 126 Å². The van der Waals surface area contributed by atoms with E-state index in [1.165, 1.54) is 25.7 Å². The van der Waals surface area contributed by atoms with Crippen molar-refractivity contribution in [1.82, 2.24) is 5.32 Å². The summed E-state index contributed by atoms with van der Waals surface area (Å²) in [5.74, 6) is 1.72. The number of amidine groups is 1. The van der Waals surface area contributed by atoms with Crippen molar-refractivity contribution in [3.05, 3.63) is 29.8 Å². The maximum atomic E-state index is 8.60. The number of ether oxygens (including phenoxy) is 1. The number of hydrogen-bond donors (Lipinski definition) is 3. The lowest BCUT2D eigenvalue weighted by Crippen LogP contribution is -2.35. The first-order chi connectivity index (χ1) is 10.2. The first-order valence-electron chi connectivity index (χ1n) is 7.65. The molecule has 1 aliphatic rings. The van der Waals surface area contributed by atoms with Gasteiger partial charge in [-0.15, -0.1) is 0 Å². The van der Waals surface area contributed by atoms with Crippen molar-refractivity contribution in [1.29, 1.82) is 0 Å². The molecule has 1 aromatic rings. The molecule has 1 aliphatic carbocycles. The van der Waals surface area contributed by atoms with Gasteiger partial charge in [0.2, 0.25) is 0 Å². The minimum atomic E-state index is 0.105. The minimum absolute atomic E-state index is 0.105. The Morgan fingerprint density at radius 1 is 1.38 bits per heavy atom. The Bertz CT molecular complexity index is 453. The molecule has 0 bridgehead atoms. The molecular weight excluding hydrogens is 266 g/mol. The molecule has 1 aromatic carbocycles. The summed E-state index contributed by atoms with van der Waals surface area (Å²) in [6.45, 7) is 3.75. The summed E-state index contributed by atoms with van der Waals surface area (Å²) >= 11 is 0. The Balaban J connectivity index is 1.68. The molecule has 5 heteroatoms. The zero-order chi connectivity index (χ0) is 15.1. The van der Waals surface area contributed by atoms with Crippen molar-refractivity contribution in [3.63, 3.8) is 0 Å². The predicted octanol–water partition coefficient (Wildman–Crippen LogP) is 2.33. The van der Waals surface area contributed by atoms with E-state index in [9.17, 15) is 0 Å². The van der Waals surface area contributed by atoms with E-state index in [-0.39, 0.29) is 5.84 Å². The highest BCUT2D eigenvalue weighted by molar-refractivity contribution is 5.97. The first-order valence-corrected chi connectivity index (χ1v) is 7.65. The number of nitrogens with one attached hydrogen (secondary N) is 1. The summed E-state index contributed by atoms with van der Waals surface area (Å²) in [6, 6.07) is 7.78. The van der Waals surface area contributed by atoms with Crippen LogP contribution in [0.25, 0.3) is 0 Å². The van der Waals surface area contributed by atoms with Gasteiger partial charge in [-0.1, -0.05) is 18.0 Å². The molecule has 2 rings (SSSR count). The highest BCUT2D eigenvalue weighted by Crippen LogP contribution is 2.27. The van der Waals surface area contributed by atoms with Crippen LogP contribution in [-0.4, -0.2) is 30.2 Å². The molecule has 21 heavy (non-hydrogen) atoms. The third kappa shape index (κ3) is 4.63. The number of hydrogen-bond acceptors (Lipinski definition) is 4. The first kappa shape index (κ1) is 15.6. The molecule has 1 saturated carbocycles. The van der Waals surface area contributed by atoms with Gasteiger partial charge in [-0.05, 0) is 49.9 Å². The number of rotatable bonds is 7. The summed E-state index contributed by atoms with van der Waals surface area (Å²) in [4.78, 5) is 0. The van der Waals surface area contributed by atoms with Gasteiger partial charge < -0.3 is 21.0 Å². The zero-order valence-electron chi connectivity index (χ0n) is 12.6. The highest BCUT2D eigenvalue weighted by atomic mass is 16.5. The van der Waals surface area contributed by atoms with Gasteiger partial charge in [0.05, 0.1) is 0 Å². The van der Waals surface area contributed by atoms with E-state index < -0.39 is 0 Å². The summed E-state index contributed by atoms with van der Waals surface area (Å²) in [6.07, 6.45) is 5.45. The van der Waals surface area contributed by atoms with Crippen LogP contribution in [0.2, 0.25) is 0 Å². The second-order valence-electron chi connectivity index (χ2n) is 5.65. The van der Waals surface area contributed by atoms with Crippen LogP contribution in [0.4, 0.5) is 0 Å². The lowest BCUT2D eigenvalue weighted by atomic mass is 10.00. The topological polar surface area (TPSA) is 79.9 Å². The van der Waals surface area contributed by atoms with E-state index >= 15 is 0 Å². The summed E-state index contributed by atoms with van der Waals surface area (Å²) in [7, 11) is 0. The van der Waals surface area contributed by atoms with Crippen molar-refractivity contribution in [2.45, 2.75) is 38.6 Å². The van der Waals surface area contributed by atoms with E-state index in [1.54, 1.807) is 12.1 Å². The van der Waals surface area contributed by atoms with Crippen LogP contribution < -0.4 is 15.8 Å². The molecule has 0 aromatic heterocycles. The molecule has 0 saturated heterocycles. The van der Waals surface area contributed by atoms with Crippen LogP contribution >= 0.6 is 0 Å². The molecule has 1 fully saturated rings. The summed E-state index contributed by atoms with van der Waals surface area (Å²) in [5.41, 5.74) is 6.19. The molecule has 4 N–H and O–H groups in total. The van der Waals surface area contributed by atoms with Crippen LogP contribution in [0.3, 0.4) is 0 Å². The summed E-state index contributed by atoms with van der Waals surface area (Å²) < 4.78 is 5.68. The van der Waals surface area contributed by atoms with Crippen molar-refractivity contribution < 1.29 is 9.94 Å². The number of benzene rings is 1. The van der Waals surface area contributed by atoms with Gasteiger partial charge in [-0.3, -0.25) is 0 Å². The Morgan fingerprint density at radius 2 is 2.05 bits per heavy atom. The standard InChI is InChI=1S/C16H25N3O2/c1-12(13-4-2-3-5-13)18-10-11-21-15-8-6-14(7-9-15)16(17)19-20/h6-9,12-13,18,20H,2-5,10-11H2,1H3,(H2,17,19). The maximum absolute atomic E-state index is 8.60. The molecule has 0 spiro atoms. The van der Waals surface area contributed by atoms with Crippen LogP contribution in [0.1, 0.15) is 38.2 Å². The molecule has 0 radical (unpaired) electrons. The average molecular weight is 291 g/mol. The molecule has 1 unspecified atom stereocenters. The lowest BCUT2D eigenvalue weighted by Gasteiger charge is -2.20. The molecule has 0 aliphatic heterocycles. The fourth-order valence-corrected chi connectivity index (χ4v) is 2.86. The largest absolute Gasteiger partial charge is 0.492 e. The van der Waals surface area contributed by atoms with Gasteiger partial charge in [0.15, 0.2) is 5.84 Å². The molecule has 5 nitrogen and oxygen atoms in total. The number of nitrogens with zero attached hydrogens (tertiary/aromatic N) is 1. The SMILES string of the molecule is CC(NCCOc1ccc(C(N)=NO)cc1)C1CCCC1. The van der Waals surface area contributed by atoms with Crippen LogP contribution in [0.15, 0.2) is 29.4 Å². The van der Waals surface area contributed by atoms with Gasteiger partial charge in [0, 0.05) is 18.2 Å². The quantitative estimate of drug-likeness (QED) is 0.237. The van der Waals surface area contributed by atoms with Crippen molar-refractivity contribution in [2.24, 2.45) is 16.8 Å². The average Bonchev–Trinajstić information content (AvgIpc) is 3.05. The van der Waals surface area contributed by atoms with E-state index in [0.29, 0.717) is 18.2 Å². The molecule has 116 valence electrons. The third-order valence-corrected chi connectivity index (χ3v) is 4.20. The van der Waals surface area contributed by atoms with Gasteiger partial charge in [0.25, 0.3) is 0 Å². The second-order valence-corrected chi connectivity index (χ2v) is 5.65. The van der Waals surface area contributed by atoms with Gasteiger partial charge >= 0.3 is 0 Å². The molecule has 0 heterocycles. The minimum Gasteiger partial charge on any atom is -0.492 e. The van der Waals surface area contributed by atoms with Gasteiger partial charge in [0.1, 0.15) is 12.4 Å². The van der Waals surface area contributed by atoms with E-state index in [1.807, 2.05) is 12.1 Å². The highest BCUT2D eigenvalue weighted by Gasteiger charge is 2.20. The fraction of sp³-hybridized carbons (Fsp3) is 0.562. The Hall–Kier alpha value is -1.75. The Kier molecular flexibility index (Phi) is 5.87. The molecule has 0 amide bonds. The lowest BCUT2D eigenvalue weighted by molar-refractivity contribution is 0.290. The van der Waals surface area contributed by atoms with E-state index in [2.05, 4.69) is 17.4 Å². The molecular formula is C16H25N3O2. The maximum Gasteiger partial charge on any atom is 0.170 e. The van der Waals surface area contributed by atoms with Crippen molar-refractivity contribution >= 4 is 5.84 Å². The fourth-order valence-electron chi connectivity index (χ4n) is 2.86. The van der Waals surface area contributed by atoms with Crippen LogP contribution in [-0.2, 0) is 0 Å². The smallest absolute Gasteiger partial charge is 0.170 e. The molecule has 1 atom stereocenters. The predicted molar refractivity (Wildman–Crippen MR) is 83.9 cm³/mol. The van der Waals surface area contributed by atoms with E-state index in [0.717, 1.165) is 18.2 Å². The van der Waals surface area contributed by atoms with Crippen molar-refractivity contribution in [2.75, 3.05) is 13.2 Å². The van der Waals surface area contributed by atoms with Crippen molar-refractivity contribution in [3.8, 4) is 5.75 Å². The Morgan fingerprint density at radius 3 is 2.67 bits per heavy atom. The summed E-state index contributed by atoms with van der Waals surface area (Å²) in [5, 5.41) is 15.1. The number of oxime groups is 1. The van der Waals surface area contributed by atoms with Crippen LogP contribution in [0, 0.1) is 5.92 Å². The van der Waals surface area contributed by atoms with Gasteiger partial charge in [-0.2, -0.15) is 0 Å².